The van der Waals surface area contributed by atoms with Gasteiger partial charge >= 0.3 is 0 Å². The minimum atomic E-state index is -0.155. The third-order valence-electron chi connectivity index (χ3n) is 7.15. The summed E-state index contributed by atoms with van der Waals surface area (Å²) >= 11 is 0. The molecular weight excluding hydrogens is 442 g/mol. The van der Waals surface area contributed by atoms with Crippen LogP contribution in [-0.2, 0) is 13.1 Å². The van der Waals surface area contributed by atoms with Crippen LogP contribution in [0, 0.1) is 0 Å². The molecule has 3 aliphatic rings. The molecule has 3 aromatic rings. The molecule has 0 aromatic heterocycles. The summed E-state index contributed by atoms with van der Waals surface area (Å²) in [5.74, 6) is 1.93. The standard InChI is InChI=1S/C28H29N3O4/c1-33-25-7-5-18(13-30-28(32)21-6-8-26-27(11-21)35-17-34-26)10-24(25)20-4-2-3-19(9-20)15-31-16-22-12-23(31)14-29-22/h2-11,22-23,29H,12-17H2,1H3,(H,30,32)/t22-,23-/m0/s1. The number of amides is 1. The van der Waals surface area contributed by atoms with Crippen molar-refractivity contribution in [2.75, 3.05) is 27.0 Å². The zero-order chi connectivity index (χ0) is 23.8. The molecule has 6 rings (SSSR count). The fourth-order valence-corrected chi connectivity index (χ4v) is 5.33. The number of benzene rings is 3. The van der Waals surface area contributed by atoms with Crippen LogP contribution in [0.2, 0.25) is 0 Å². The number of ether oxygens (including phenoxy) is 3. The van der Waals surface area contributed by atoms with E-state index in [1.54, 1.807) is 25.3 Å². The topological polar surface area (TPSA) is 72.1 Å². The van der Waals surface area contributed by atoms with Crippen LogP contribution in [0.4, 0.5) is 0 Å². The molecule has 3 aliphatic heterocycles. The molecule has 7 nitrogen and oxygen atoms in total. The van der Waals surface area contributed by atoms with Crippen LogP contribution in [0.3, 0.4) is 0 Å². The fourth-order valence-electron chi connectivity index (χ4n) is 5.33. The largest absolute Gasteiger partial charge is 0.496 e. The van der Waals surface area contributed by atoms with Crippen LogP contribution >= 0.6 is 0 Å². The Morgan fingerprint density at radius 1 is 1.09 bits per heavy atom. The van der Waals surface area contributed by atoms with E-state index in [2.05, 4.69) is 45.9 Å². The van der Waals surface area contributed by atoms with Gasteiger partial charge < -0.3 is 24.8 Å². The number of rotatable bonds is 7. The van der Waals surface area contributed by atoms with Crippen LogP contribution in [0.25, 0.3) is 11.1 Å². The summed E-state index contributed by atoms with van der Waals surface area (Å²) in [6.45, 7) is 3.78. The molecule has 0 aliphatic carbocycles. The predicted molar refractivity (Wildman–Crippen MR) is 133 cm³/mol. The number of hydrogen-bond acceptors (Lipinski definition) is 6. The van der Waals surface area contributed by atoms with Gasteiger partial charge in [0.1, 0.15) is 5.75 Å². The second-order valence-electron chi connectivity index (χ2n) is 9.41. The summed E-state index contributed by atoms with van der Waals surface area (Å²) in [6.07, 6.45) is 1.26. The highest BCUT2D eigenvalue weighted by molar-refractivity contribution is 5.95. The summed E-state index contributed by atoms with van der Waals surface area (Å²) < 4.78 is 16.4. The number of likely N-dealkylation sites (tertiary alicyclic amines) is 1. The Kier molecular flexibility index (Phi) is 5.80. The molecule has 2 bridgehead atoms. The molecule has 1 amide bonds. The van der Waals surface area contributed by atoms with E-state index in [1.807, 2.05) is 12.1 Å². The summed E-state index contributed by atoms with van der Waals surface area (Å²) in [5.41, 5.74) is 4.99. The number of carbonyl (C=O) groups is 1. The van der Waals surface area contributed by atoms with Crippen molar-refractivity contribution in [1.82, 2.24) is 15.5 Å². The highest BCUT2D eigenvalue weighted by atomic mass is 16.7. The molecule has 35 heavy (non-hydrogen) atoms. The fraction of sp³-hybridized carbons (Fsp3) is 0.321. The Morgan fingerprint density at radius 2 is 2.00 bits per heavy atom. The average molecular weight is 472 g/mol. The summed E-state index contributed by atoms with van der Waals surface area (Å²) in [4.78, 5) is 15.3. The van der Waals surface area contributed by atoms with Crippen LogP contribution in [-0.4, -0.2) is 49.9 Å². The third-order valence-corrected chi connectivity index (χ3v) is 7.15. The third kappa shape index (κ3) is 4.45. The Hall–Kier alpha value is -3.55. The molecule has 2 saturated heterocycles. The molecular formula is C28H29N3O4. The van der Waals surface area contributed by atoms with Gasteiger partial charge in [0, 0.05) is 49.4 Å². The predicted octanol–water partition coefficient (Wildman–Crippen LogP) is 3.57. The lowest BCUT2D eigenvalue weighted by atomic mass is 9.99. The first-order chi connectivity index (χ1) is 17.2. The quantitative estimate of drug-likeness (QED) is 0.549. The van der Waals surface area contributed by atoms with Gasteiger partial charge in [0.2, 0.25) is 6.79 Å². The van der Waals surface area contributed by atoms with Crippen molar-refractivity contribution in [2.24, 2.45) is 0 Å². The number of nitrogens with one attached hydrogen (secondary N) is 2. The van der Waals surface area contributed by atoms with Crippen LogP contribution in [0.5, 0.6) is 17.2 Å². The van der Waals surface area contributed by atoms with E-state index in [1.165, 1.54) is 12.0 Å². The summed E-state index contributed by atoms with van der Waals surface area (Å²) in [5, 5.41) is 6.58. The van der Waals surface area contributed by atoms with Gasteiger partial charge in [-0.05, 0) is 59.5 Å². The second kappa shape index (κ2) is 9.24. The van der Waals surface area contributed by atoms with Gasteiger partial charge in [0.15, 0.2) is 11.5 Å². The minimum Gasteiger partial charge on any atom is -0.496 e. The van der Waals surface area contributed by atoms with Crippen LogP contribution < -0.4 is 24.8 Å². The zero-order valence-electron chi connectivity index (χ0n) is 19.8. The normalized spacial score (nSPS) is 20.3. The lowest BCUT2D eigenvalue weighted by Crippen LogP contribution is -2.42. The summed E-state index contributed by atoms with van der Waals surface area (Å²) in [7, 11) is 1.69. The van der Waals surface area contributed by atoms with Crippen molar-refractivity contribution >= 4 is 5.91 Å². The molecule has 0 radical (unpaired) electrons. The van der Waals surface area contributed by atoms with Gasteiger partial charge in [-0.2, -0.15) is 0 Å². The van der Waals surface area contributed by atoms with E-state index in [-0.39, 0.29) is 12.7 Å². The SMILES string of the molecule is COc1ccc(CNC(=O)c2ccc3c(c2)OCO3)cc1-c1cccc(CN2C[C@@H]3C[C@H]2CN3)c1. The lowest BCUT2D eigenvalue weighted by Gasteiger charge is -2.27. The molecule has 0 unspecified atom stereocenters. The van der Waals surface area contributed by atoms with Gasteiger partial charge in [0.25, 0.3) is 5.91 Å². The molecule has 7 heteroatoms. The van der Waals surface area contributed by atoms with E-state index < -0.39 is 0 Å². The van der Waals surface area contributed by atoms with Gasteiger partial charge in [-0.25, -0.2) is 0 Å². The van der Waals surface area contributed by atoms with Crippen molar-refractivity contribution in [1.29, 1.82) is 0 Å². The van der Waals surface area contributed by atoms with Gasteiger partial charge in [-0.15, -0.1) is 0 Å². The van der Waals surface area contributed by atoms with E-state index >= 15 is 0 Å². The number of hydrogen-bond donors (Lipinski definition) is 2. The molecule has 2 N–H and O–H groups in total. The lowest BCUT2D eigenvalue weighted by molar-refractivity contribution is 0.0950. The molecule has 0 saturated carbocycles. The van der Waals surface area contributed by atoms with Gasteiger partial charge in [-0.1, -0.05) is 24.3 Å². The Morgan fingerprint density at radius 3 is 2.83 bits per heavy atom. The van der Waals surface area contributed by atoms with Crippen molar-refractivity contribution in [3.63, 3.8) is 0 Å². The second-order valence-corrected chi connectivity index (χ2v) is 9.41. The minimum absolute atomic E-state index is 0.155. The van der Waals surface area contributed by atoms with Crippen molar-refractivity contribution in [3.8, 4) is 28.4 Å². The van der Waals surface area contributed by atoms with Crippen LogP contribution in [0.1, 0.15) is 27.9 Å². The van der Waals surface area contributed by atoms with Gasteiger partial charge in [-0.3, -0.25) is 9.69 Å². The highest BCUT2D eigenvalue weighted by Crippen LogP contribution is 2.34. The van der Waals surface area contributed by atoms with Crippen molar-refractivity contribution in [2.45, 2.75) is 31.6 Å². The van der Waals surface area contributed by atoms with Crippen LogP contribution in [0.15, 0.2) is 60.7 Å². The van der Waals surface area contributed by atoms with E-state index in [9.17, 15) is 4.79 Å². The van der Waals surface area contributed by atoms with E-state index in [0.29, 0.717) is 35.7 Å². The average Bonchev–Trinajstić information content (AvgIpc) is 3.64. The number of carbonyl (C=O) groups excluding carboxylic acids is 1. The zero-order valence-corrected chi connectivity index (χ0v) is 19.8. The molecule has 2 atom stereocenters. The number of methoxy groups -OCH3 is 1. The number of nitrogens with zero attached hydrogens (tertiary/aromatic N) is 1. The first-order valence-electron chi connectivity index (χ1n) is 12.1. The first-order valence-corrected chi connectivity index (χ1v) is 12.1. The van der Waals surface area contributed by atoms with Gasteiger partial charge in [0.05, 0.1) is 7.11 Å². The monoisotopic (exact) mass is 471 g/mol. The van der Waals surface area contributed by atoms with E-state index in [4.69, 9.17) is 14.2 Å². The van der Waals surface area contributed by atoms with E-state index in [0.717, 1.165) is 42.1 Å². The maximum atomic E-state index is 12.7. The molecule has 3 aromatic carbocycles. The smallest absolute Gasteiger partial charge is 0.251 e. The highest BCUT2D eigenvalue weighted by Gasteiger charge is 2.37. The van der Waals surface area contributed by atoms with Crippen molar-refractivity contribution in [3.05, 3.63) is 77.4 Å². The molecule has 3 heterocycles. The number of fused-ring (bicyclic) bond motifs is 3. The Balaban J connectivity index is 1.17. The Labute approximate surface area is 205 Å². The molecule has 0 spiro atoms. The Bertz CT molecular complexity index is 1260. The number of piperazine rings is 1. The maximum Gasteiger partial charge on any atom is 0.251 e. The van der Waals surface area contributed by atoms with Crippen molar-refractivity contribution < 1.29 is 19.0 Å². The maximum absolute atomic E-state index is 12.7. The summed E-state index contributed by atoms with van der Waals surface area (Å²) in [6, 6.07) is 21.3. The molecule has 2 fully saturated rings. The molecule has 180 valence electrons. The first kappa shape index (κ1) is 21.9.